The summed E-state index contributed by atoms with van der Waals surface area (Å²) in [6.45, 7) is 1.98. The van der Waals surface area contributed by atoms with Crippen LogP contribution < -0.4 is 5.32 Å². The summed E-state index contributed by atoms with van der Waals surface area (Å²) in [6, 6.07) is 5.47. The third-order valence-electron chi connectivity index (χ3n) is 2.60. The third-order valence-corrected chi connectivity index (χ3v) is 3.37. The van der Waals surface area contributed by atoms with E-state index in [4.69, 9.17) is 5.26 Å². The van der Waals surface area contributed by atoms with Crippen LogP contribution in [0.2, 0.25) is 0 Å². The molecule has 20 heavy (non-hydrogen) atoms. The normalized spacial score (nSPS) is 10.1. The summed E-state index contributed by atoms with van der Waals surface area (Å²) in [4.78, 5) is 12.6. The second-order valence-corrected chi connectivity index (χ2v) is 4.81. The van der Waals surface area contributed by atoms with E-state index in [0.717, 1.165) is 24.0 Å². The zero-order valence-corrected chi connectivity index (χ0v) is 11.5. The fraction of sp³-hybridized carbons (Fsp3) is 0.231. The van der Waals surface area contributed by atoms with Crippen molar-refractivity contribution in [3.8, 4) is 6.07 Å². The Hall–Kier alpha value is -2.33. The van der Waals surface area contributed by atoms with Crippen LogP contribution in [-0.4, -0.2) is 15.5 Å². The van der Waals surface area contributed by atoms with E-state index < -0.39 is 5.82 Å². The quantitative estimate of drug-likeness (QED) is 0.939. The molecule has 7 heteroatoms. The van der Waals surface area contributed by atoms with Crippen LogP contribution in [0.5, 0.6) is 0 Å². The van der Waals surface area contributed by atoms with Crippen LogP contribution in [0.1, 0.15) is 34.3 Å². The van der Waals surface area contributed by atoms with Gasteiger partial charge >= 0.3 is 0 Å². The molecule has 0 unspecified atom stereocenters. The fourth-order valence-corrected chi connectivity index (χ4v) is 2.28. The minimum atomic E-state index is -0.523. The molecule has 0 saturated carbocycles. The molecule has 0 bridgehead atoms. The van der Waals surface area contributed by atoms with Crippen LogP contribution in [0, 0.1) is 17.1 Å². The van der Waals surface area contributed by atoms with Gasteiger partial charge in [-0.3, -0.25) is 4.79 Å². The van der Waals surface area contributed by atoms with Gasteiger partial charge in [0.25, 0.3) is 5.91 Å². The predicted molar refractivity (Wildman–Crippen MR) is 73.0 cm³/mol. The number of carbonyl (C=O) groups excluding carboxylic acids is 1. The van der Waals surface area contributed by atoms with Crippen LogP contribution in [0.4, 0.5) is 10.1 Å². The standard InChI is InChI=1S/C13H11FN4OS/c1-2-3-11-12(20-18-17-11)13(19)16-10-5-4-9(14)6-8(10)7-15/h4-6H,2-3H2,1H3,(H,16,19). The molecule has 0 saturated heterocycles. The van der Waals surface area contributed by atoms with Gasteiger partial charge in [-0.1, -0.05) is 17.8 Å². The molecule has 102 valence electrons. The maximum Gasteiger partial charge on any atom is 0.269 e. The molecule has 0 atom stereocenters. The second-order valence-electron chi connectivity index (χ2n) is 4.05. The lowest BCUT2D eigenvalue weighted by molar-refractivity contribution is 0.102. The molecule has 0 aliphatic carbocycles. The maximum absolute atomic E-state index is 13.0. The molecule has 0 aliphatic heterocycles. The van der Waals surface area contributed by atoms with Crippen LogP contribution >= 0.6 is 11.5 Å². The Kier molecular flexibility index (Phi) is 4.38. The average molecular weight is 290 g/mol. The van der Waals surface area contributed by atoms with Gasteiger partial charge in [-0.25, -0.2) is 4.39 Å². The van der Waals surface area contributed by atoms with Crippen LogP contribution in [0.3, 0.4) is 0 Å². The maximum atomic E-state index is 13.0. The molecule has 1 aromatic heterocycles. The summed E-state index contributed by atoms with van der Waals surface area (Å²) in [6.07, 6.45) is 1.51. The van der Waals surface area contributed by atoms with Crippen LogP contribution in [0.15, 0.2) is 18.2 Å². The summed E-state index contributed by atoms with van der Waals surface area (Å²) in [5, 5.41) is 15.4. The zero-order chi connectivity index (χ0) is 14.5. The molecular weight excluding hydrogens is 279 g/mol. The Morgan fingerprint density at radius 2 is 2.35 bits per heavy atom. The molecule has 0 aliphatic rings. The number of aromatic nitrogens is 2. The predicted octanol–water partition coefficient (Wildman–Crippen LogP) is 2.75. The minimum absolute atomic E-state index is 0.0767. The van der Waals surface area contributed by atoms with Crippen molar-refractivity contribution in [2.75, 3.05) is 5.32 Å². The summed E-state index contributed by atoms with van der Waals surface area (Å²) in [5.41, 5.74) is 0.984. The number of nitriles is 1. The topological polar surface area (TPSA) is 78.7 Å². The van der Waals surface area contributed by atoms with Crippen molar-refractivity contribution in [2.45, 2.75) is 19.8 Å². The van der Waals surface area contributed by atoms with Gasteiger partial charge in [0.1, 0.15) is 16.8 Å². The van der Waals surface area contributed by atoms with Crippen molar-refractivity contribution < 1.29 is 9.18 Å². The monoisotopic (exact) mass is 290 g/mol. The third kappa shape index (κ3) is 2.97. The second kappa shape index (κ2) is 6.21. The molecule has 5 nitrogen and oxygen atoms in total. The minimum Gasteiger partial charge on any atom is -0.320 e. The highest BCUT2D eigenvalue weighted by Gasteiger charge is 2.17. The van der Waals surface area contributed by atoms with Crippen molar-refractivity contribution >= 4 is 23.1 Å². The van der Waals surface area contributed by atoms with E-state index in [2.05, 4.69) is 14.9 Å². The number of hydrogen-bond acceptors (Lipinski definition) is 5. The number of halogens is 1. The first-order valence-corrected chi connectivity index (χ1v) is 6.75. The van der Waals surface area contributed by atoms with Crippen molar-refractivity contribution in [3.63, 3.8) is 0 Å². The Bertz CT molecular complexity index is 677. The Morgan fingerprint density at radius 1 is 1.55 bits per heavy atom. The van der Waals surface area contributed by atoms with Gasteiger partial charge in [-0.2, -0.15) is 5.26 Å². The summed E-state index contributed by atoms with van der Waals surface area (Å²) < 4.78 is 16.8. The van der Waals surface area contributed by atoms with E-state index in [9.17, 15) is 9.18 Å². The van der Waals surface area contributed by atoms with Crippen molar-refractivity contribution in [3.05, 3.63) is 40.2 Å². The lowest BCUT2D eigenvalue weighted by Crippen LogP contribution is -2.13. The highest BCUT2D eigenvalue weighted by atomic mass is 32.1. The first kappa shape index (κ1) is 14.1. The van der Waals surface area contributed by atoms with E-state index >= 15 is 0 Å². The number of anilines is 1. The zero-order valence-electron chi connectivity index (χ0n) is 10.7. The molecule has 2 aromatic rings. The molecule has 1 aromatic carbocycles. The molecule has 1 amide bonds. The van der Waals surface area contributed by atoms with Crippen molar-refractivity contribution in [2.24, 2.45) is 0 Å². The van der Waals surface area contributed by atoms with Gasteiger partial charge in [0.05, 0.1) is 16.9 Å². The highest BCUT2D eigenvalue weighted by molar-refractivity contribution is 7.08. The Balaban J connectivity index is 2.24. The summed E-state index contributed by atoms with van der Waals surface area (Å²) in [5.74, 6) is -0.905. The molecule has 0 spiro atoms. The Morgan fingerprint density at radius 3 is 3.05 bits per heavy atom. The summed E-state index contributed by atoms with van der Waals surface area (Å²) >= 11 is 1.00. The van der Waals surface area contributed by atoms with E-state index in [-0.39, 0.29) is 17.2 Å². The van der Waals surface area contributed by atoms with Crippen LogP contribution in [0.25, 0.3) is 0 Å². The van der Waals surface area contributed by atoms with Gasteiger partial charge in [0.2, 0.25) is 0 Å². The van der Waals surface area contributed by atoms with E-state index in [1.165, 1.54) is 12.1 Å². The Labute approximate surface area is 119 Å². The van der Waals surface area contributed by atoms with Gasteiger partial charge in [-0.05, 0) is 36.2 Å². The smallest absolute Gasteiger partial charge is 0.269 e. The number of benzene rings is 1. The molecule has 1 heterocycles. The fourth-order valence-electron chi connectivity index (χ4n) is 1.68. The number of aryl methyl sites for hydroxylation is 1. The van der Waals surface area contributed by atoms with Gasteiger partial charge in [0.15, 0.2) is 0 Å². The largest absolute Gasteiger partial charge is 0.320 e. The molecular formula is C13H11FN4OS. The van der Waals surface area contributed by atoms with Gasteiger partial charge < -0.3 is 5.32 Å². The average Bonchev–Trinajstić information content (AvgIpc) is 2.89. The lowest BCUT2D eigenvalue weighted by atomic mass is 10.2. The molecule has 0 radical (unpaired) electrons. The number of amides is 1. The molecule has 0 fully saturated rings. The lowest BCUT2D eigenvalue weighted by Gasteiger charge is -2.06. The van der Waals surface area contributed by atoms with Gasteiger partial charge in [0, 0.05) is 0 Å². The first-order valence-electron chi connectivity index (χ1n) is 5.98. The SMILES string of the molecule is CCCc1nnsc1C(=O)Nc1ccc(F)cc1C#N. The van der Waals surface area contributed by atoms with E-state index in [0.29, 0.717) is 17.0 Å². The van der Waals surface area contributed by atoms with Crippen molar-refractivity contribution in [1.82, 2.24) is 9.59 Å². The van der Waals surface area contributed by atoms with Gasteiger partial charge in [-0.15, -0.1) is 5.10 Å². The number of nitrogens with zero attached hydrogens (tertiary/aromatic N) is 3. The number of carbonyl (C=O) groups is 1. The summed E-state index contributed by atoms with van der Waals surface area (Å²) in [7, 11) is 0. The number of rotatable bonds is 4. The van der Waals surface area contributed by atoms with E-state index in [1.807, 2.05) is 13.0 Å². The number of hydrogen-bond donors (Lipinski definition) is 1. The highest BCUT2D eigenvalue weighted by Crippen LogP contribution is 2.19. The first-order chi connectivity index (χ1) is 9.65. The molecule has 1 N–H and O–H groups in total. The molecule has 2 rings (SSSR count). The number of nitrogens with one attached hydrogen (secondary N) is 1. The van der Waals surface area contributed by atoms with Crippen LogP contribution in [-0.2, 0) is 6.42 Å². The van der Waals surface area contributed by atoms with E-state index in [1.54, 1.807) is 0 Å². The van der Waals surface area contributed by atoms with Crippen molar-refractivity contribution in [1.29, 1.82) is 5.26 Å².